The quantitative estimate of drug-likeness (QED) is 0.176. The Kier molecular flexibility index (Phi) is 7.43. The number of furan rings is 1. The molecule has 0 radical (unpaired) electrons. The summed E-state index contributed by atoms with van der Waals surface area (Å²) in [5.74, 6) is 1.84. The van der Waals surface area contributed by atoms with Crippen LogP contribution in [0.1, 0.15) is 0 Å². The van der Waals surface area contributed by atoms with Crippen LogP contribution in [0.25, 0.3) is 100 Å². The highest BCUT2D eigenvalue weighted by molar-refractivity contribution is 6.13. The van der Waals surface area contributed by atoms with E-state index in [9.17, 15) is 0 Å². The van der Waals surface area contributed by atoms with Crippen LogP contribution < -0.4 is 0 Å². The maximum absolute atomic E-state index is 6.69. The molecule has 0 amide bonds. The van der Waals surface area contributed by atoms with Crippen LogP contribution in [0.15, 0.2) is 192 Å². The van der Waals surface area contributed by atoms with E-state index in [1.165, 1.54) is 10.9 Å². The SMILES string of the molecule is c1ccc(-c2ccc(-c3nc(-c4ccccc4)nc(-c4cc(-c5ccccc5)cc(-c5cccc6c5oc5cc7ccccc7cc56)c4)n3)cc2)cc1. The third-order valence-electron chi connectivity index (χ3n) is 9.89. The van der Waals surface area contributed by atoms with Gasteiger partial charge in [0.2, 0.25) is 0 Å². The second-order valence-corrected chi connectivity index (χ2v) is 13.3. The van der Waals surface area contributed by atoms with Gasteiger partial charge in [0.25, 0.3) is 0 Å². The van der Waals surface area contributed by atoms with Crippen LogP contribution in [-0.4, -0.2) is 15.0 Å². The van der Waals surface area contributed by atoms with Gasteiger partial charge in [-0.1, -0.05) is 158 Å². The van der Waals surface area contributed by atoms with Crippen molar-refractivity contribution in [2.45, 2.75) is 0 Å². The fourth-order valence-corrected chi connectivity index (χ4v) is 7.21. The molecule has 0 saturated heterocycles. The van der Waals surface area contributed by atoms with Gasteiger partial charge in [0.1, 0.15) is 11.2 Å². The average Bonchev–Trinajstić information content (AvgIpc) is 3.61. The molecule has 0 N–H and O–H groups in total. The fourth-order valence-electron chi connectivity index (χ4n) is 7.21. The topological polar surface area (TPSA) is 51.8 Å². The molecular formula is C49H31N3O. The molecule has 10 rings (SSSR count). The molecular weight excluding hydrogens is 647 g/mol. The van der Waals surface area contributed by atoms with E-state index < -0.39 is 0 Å². The lowest BCUT2D eigenvalue weighted by molar-refractivity contribution is 0.670. The zero-order chi connectivity index (χ0) is 35.1. The number of rotatable bonds is 6. The first-order chi connectivity index (χ1) is 26.2. The van der Waals surface area contributed by atoms with Crippen molar-refractivity contribution in [3.05, 3.63) is 188 Å². The summed E-state index contributed by atoms with van der Waals surface area (Å²) in [7, 11) is 0. The normalized spacial score (nSPS) is 11.4. The summed E-state index contributed by atoms with van der Waals surface area (Å²) in [5.41, 5.74) is 11.0. The Morgan fingerprint density at radius 2 is 0.774 bits per heavy atom. The Bertz CT molecular complexity index is 2920. The van der Waals surface area contributed by atoms with Gasteiger partial charge in [0, 0.05) is 33.0 Å². The molecule has 4 nitrogen and oxygen atoms in total. The molecule has 0 aliphatic heterocycles. The molecule has 248 valence electrons. The lowest BCUT2D eigenvalue weighted by Crippen LogP contribution is -2.00. The lowest BCUT2D eigenvalue weighted by atomic mass is 9.94. The first-order valence-corrected chi connectivity index (χ1v) is 17.8. The maximum Gasteiger partial charge on any atom is 0.164 e. The number of nitrogens with zero attached hydrogens (tertiary/aromatic N) is 3. The van der Waals surface area contributed by atoms with Gasteiger partial charge in [-0.3, -0.25) is 0 Å². The molecule has 0 spiro atoms. The molecule has 0 aliphatic rings. The molecule has 0 saturated carbocycles. The Morgan fingerprint density at radius 3 is 1.43 bits per heavy atom. The molecule has 53 heavy (non-hydrogen) atoms. The third-order valence-corrected chi connectivity index (χ3v) is 9.89. The van der Waals surface area contributed by atoms with Crippen molar-refractivity contribution < 1.29 is 4.42 Å². The van der Waals surface area contributed by atoms with Crippen LogP contribution in [0.5, 0.6) is 0 Å². The minimum atomic E-state index is 0.600. The predicted octanol–water partition coefficient (Wildman–Crippen LogP) is 12.9. The molecule has 2 heterocycles. The van der Waals surface area contributed by atoms with E-state index in [4.69, 9.17) is 19.4 Å². The van der Waals surface area contributed by atoms with Crippen LogP contribution in [0, 0.1) is 0 Å². The summed E-state index contributed by atoms with van der Waals surface area (Å²) in [6.45, 7) is 0. The summed E-state index contributed by atoms with van der Waals surface area (Å²) in [5, 5.41) is 4.54. The molecule has 0 atom stereocenters. The molecule has 0 bridgehead atoms. The largest absolute Gasteiger partial charge is 0.455 e. The van der Waals surface area contributed by atoms with Gasteiger partial charge in [-0.2, -0.15) is 0 Å². The summed E-state index contributed by atoms with van der Waals surface area (Å²) < 4.78 is 6.69. The van der Waals surface area contributed by atoms with Gasteiger partial charge in [-0.25, -0.2) is 15.0 Å². The highest BCUT2D eigenvalue weighted by Crippen LogP contribution is 2.40. The number of aromatic nitrogens is 3. The third kappa shape index (κ3) is 5.73. The first-order valence-electron chi connectivity index (χ1n) is 17.8. The van der Waals surface area contributed by atoms with Gasteiger partial charge in [-0.05, 0) is 68.9 Å². The highest BCUT2D eigenvalue weighted by atomic mass is 16.3. The number of hydrogen-bond donors (Lipinski definition) is 0. The molecule has 0 fully saturated rings. The van der Waals surface area contributed by atoms with Gasteiger partial charge < -0.3 is 4.42 Å². The smallest absolute Gasteiger partial charge is 0.164 e. The molecule has 0 unspecified atom stereocenters. The van der Waals surface area contributed by atoms with Gasteiger partial charge >= 0.3 is 0 Å². The zero-order valence-electron chi connectivity index (χ0n) is 28.6. The van der Waals surface area contributed by atoms with E-state index in [1.54, 1.807) is 0 Å². The van der Waals surface area contributed by atoms with E-state index in [0.717, 1.165) is 71.8 Å². The van der Waals surface area contributed by atoms with Crippen molar-refractivity contribution in [3.63, 3.8) is 0 Å². The zero-order valence-corrected chi connectivity index (χ0v) is 28.6. The number of para-hydroxylation sites is 1. The monoisotopic (exact) mass is 677 g/mol. The summed E-state index contributed by atoms with van der Waals surface area (Å²) >= 11 is 0. The van der Waals surface area contributed by atoms with Crippen molar-refractivity contribution in [1.82, 2.24) is 15.0 Å². The van der Waals surface area contributed by atoms with Crippen molar-refractivity contribution in [2.24, 2.45) is 0 Å². The molecule has 10 aromatic rings. The number of fused-ring (bicyclic) bond motifs is 4. The van der Waals surface area contributed by atoms with Crippen LogP contribution in [0.4, 0.5) is 0 Å². The maximum atomic E-state index is 6.69. The molecule has 8 aromatic carbocycles. The van der Waals surface area contributed by atoms with Crippen LogP contribution in [0.2, 0.25) is 0 Å². The Labute approximate surface area is 306 Å². The molecule has 0 aliphatic carbocycles. The minimum absolute atomic E-state index is 0.600. The Hall–Kier alpha value is -7.17. The molecule has 2 aromatic heterocycles. The van der Waals surface area contributed by atoms with Gasteiger partial charge in [-0.15, -0.1) is 0 Å². The fraction of sp³-hybridized carbons (Fsp3) is 0. The van der Waals surface area contributed by atoms with Crippen molar-refractivity contribution in [1.29, 1.82) is 0 Å². The summed E-state index contributed by atoms with van der Waals surface area (Å²) in [6, 6.07) is 65.2. The summed E-state index contributed by atoms with van der Waals surface area (Å²) in [4.78, 5) is 15.3. The standard InChI is InChI=1S/C49H31N3O/c1-4-13-32(14-5-1)34-23-25-36(26-24-34)48-50-47(35-17-8-3-9-18-35)51-49(52-48)41-28-39(33-15-6-2-7-16-33)27-40(29-41)42-21-12-22-43-44-30-37-19-10-11-20-38(37)31-45(44)53-46(42)43/h1-31H. The number of hydrogen-bond acceptors (Lipinski definition) is 4. The second kappa shape index (κ2) is 12.9. The van der Waals surface area contributed by atoms with Crippen molar-refractivity contribution >= 4 is 32.7 Å². The van der Waals surface area contributed by atoms with E-state index in [-0.39, 0.29) is 0 Å². The number of benzene rings is 8. The van der Waals surface area contributed by atoms with E-state index in [2.05, 4.69) is 146 Å². The predicted molar refractivity (Wildman–Crippen MR) is 217 cm³/mol. The second-order valence-electron chi connectivity index (χ2n) is 13.3. The van der Waals surface area contributed by atoms with E-state index in [1.807, 2.05) is 42.5 Å². The van der Waals surface area contributed by atoms with Gasteiger partial charge in [0.15, 0.2) is 17.5 Å². The van der Waals surface area contributed by atoms with Gasteiger partial charge in [0.05, 0.1) is 0 Å². The van der Waals surface area contributed by atoms with Crippen molar-refractivity contribution in [2.75, 3.05) is 0 Å². The minimum Gasteiger partial charge on any atom is -0.455 e. The van der Waals surface area contributed by atoms with Crippen LogP contribution in [-0.2, 0) is 0 Å². The highest BCUT2D eigenvalue weighted by Gasteiger charge is 2.18. The average molecular weight is 678 g/mol. The molecule has 4 heteroatoms. The lowest BCUT2D eigenvalue weighted by Gasteiger charge is -2.13. The van der Waals surface area contributed by atoms with Crippen LogP contribution >= 0.6 is 0 Å². The Morgan fingerprint density at radius 1 is 0.302 bits per heavy atom. The van der Waals surface area contributed by atoms with Crippen molar-refractivity contribution in [3.8, 4) is 67.5 Å². The summed E-state index contributed by atoms with van der Waals surface area (Å²) in [6.07, 6.45) is 0. The van der Waals surface area contributed by atoms with E-state index >= 15 is 0 Å². The Balaban J connectivity index is 1.17. The first kappa shape index (κ1) is 30.6. The van der Waals surface area contributed by atoms with E-state index in [0.29, 0.717) is 17.5 Å². The van der Waals surface area contributed by atoms with Crippen LogP contribution in [0.3, 0.4) is 0 Å².